The molecule has 0 saturated heterocycles. The molecule has 3 N–H and O–H groups in total. The van der Waals surface area contributed by atoms with Crippen molar-refractivity contribution in [3.05, 3.63) is 42.7 Å². The van der Waals surface area contributed by atoms with Gasteiger partial charge in [-0.05, 0) is 39.2 Å². The van der Waals surface area contributed by atoms with Crippen molar-refractivity contribution >= 4 is 32.7 Å². The Bertz CT molecular complexity index is 1490. The number of aromatic nitrogens is 7. The Morgan fingerprint density at radius 1 is 1.14 bits per heavy atom. The summed E-state index contributed by atoms with van der Waals surface area (Å²) in [6.45, 7) is 3.69. The van der Waals surface area contributed by atoms with Gasteiger partial charge < -0.3 is 20.1 Å². The molecule has 4 heterocycles. The van der Waals surface area contributed by atoms with Gasteiger partial charge in [-0.15, -0.1) is 0 Å². The molecule has 0 unspecified atom stereocenters. The van der Waals surface area contributed by atoms with Crippen LogP contribution in [0.1, 0.15) is 38.9 Å². The fraction of sp³-hybridized carbons (Fsp3) is 0.409. The summed E-state index contributed by atoms with van der Waals surface area (Å²) >= 11 is 0. The monoisotopic (exact) mass is 498 g/mol. The molecule has 5 rings (SSSR count). The van der Waals surface area contributed by atoms with Crippen LogP contribution in [0.5, 0.6) is 0 Å². The maximum absolute atomic E-state index is 12.4. The number of nitrogens with one attached hydrogen (secondary N) is 1. The molecule has 1 aliphatic rings. The Morgan fingerprint density at radius 2 is 1.94 bits per heavy atom. The zero-order chi connectivity index (χ0) is 24.8. The van der Waals surface area contributed by atoms with Gasteiger partial charge in [0, 0.05) is 24.4 Å². The number of nitrogens with zero attached hydrogens (tertiary/aromatic N) is 7. The van der Waals surface area contributed by atoms with Gasteiger partial charge in [-0.3, -0.25) is 0 Å². The molecule has 184 valence electrons. The van der Waals surface area contributed by atoms with Crippen molar-refractivity contribution in [2.45, 2.75) is 50.5 Å². The molecule has 0 bridgehead atoms. The van der Waals surface area contributed by atoms with Gasteiger partial charge in [-0.1, -0.05) is 0 Å². The van der Waals surface area contributed by atoms with Crippen LogP contribution in [0, 0.1) is 0 Å². The van der Waals surface area contributed by atoms with E-state index in [0.29, 0.717) is 53.6 Å². The normalized spacial score (nSPS) is 14.5. The first-order chi connectivity index (χ1) is 16.7. The van der Waals surface area contributed by atoms with E-state index in [1.165, 1.54) is 12.4 Å². The zero-order valence-corrected chi connectivity index (χ0v) is 20.1. The van der Waals surface area contributed by atoms with Gasteiger partial charge in [0.25, 0.3) is 10.0 Å². The van der Waals surface area contributed by atoms with Crippen LogP contribution in [-0.2, 0) is 22.2 Å². The van der Waals surface area contributed by atoms with E-state index >= 15 is 0 Å². The molecule has 12 nitrogen and oxygen atoms in total. The van der Waals surface area contributed by atoms with Gasteiger partial charge in [0.1, 0.15) is 29.6 Å². The van der Waals surface area contributed by atoms with Gasteiger partial charge in [0.15, 0.2) is 5.82 Å². The van der Waals surface area contributed by atoms with Crippen LogP contribution < -0.4 is 5.32 Å². The highest BCUT2D eigenvalue weighted by atomic mass is 32.2. The van der Waals surface area contributed by atoms with E-state index in [1.54, 1.807) is 18.5 Å². The van der Waals surface area contributed by atoms with Crippen LogP contribution in [0.4, 0.5) is 11.6 Å². The first-order valence-corrected chi connectivity index (χ1v) is 12.7. The Balaban J connectivity index is 1.45. The van der Waals surface area contributed by atoms with Crippen molar-refractivity contribution in [2.24, 2.45) is 0 Å². The predicted octanol–water partition coefficient (Wildman–Crippen LogP) is 1.78. The molecule has 1 fully saturated rings. The molecule has 4 aromatic heterocycles. The second-order valence-corrected chi connectivity index (χ2v) is 11.2. The minimum Gasteiger partial charge on any atom is -0.396 e. The molecule has 0 amide bonds. The smallest absolute Gasteiger partial charge is 0.256 e. The zero-order valence-electron chi connectivity index (χ0n) is 19.3. The standard InChI is InChI=1S/C22H26N8O4S/c1-22(2,6-8-31)30-17-9-19(24-11-16(17)26-20(30)13-32)27-18-5-7-23-21(28-18)14-10-25-29(12-14)35(33,34)15-3-4-15/h5,7,9-12,15,31-32H,3-4,6,8,13H2,1-2H3,(H,23,24,27,28). The maximum atomic E-state index is 12.4. The lowest BCUT2D eigenvalue weighted by Crippen LogP contribution is -2.29. The molecule has 1 saturated carbocycles. The summed E-state index contributed by atoms with van der Waals surface area (Å²) < 4.78 is 27.7. The Morgan fingerprint density at radius 3 is 2.66 bits per heavy atom. The number of aliphatic hydroxyl groups excluding tert-OH is 2. The first kappa shape index (κ1) is 23.3. The number of hydrogen-bond donors (Lipinski definition) is 3. The fourth-order valence-corrected chi connectivity index (χ4v) is 5.52. The molecule has 13 heteroatoms. The minimum atomic E-state index is -3.47. The third kappa shape index (κ3) is 4.37. The number of rotatable bonds is 9. The van der Waals surface area contributed by atoms with Gasteiger partial charge in [-0.25, -0.2) is 28.4 Å². The molecule has 35 heavy (non-hydrogen) atoms. The van der Waals surface area contributed by atoms with Crippen molar-refractivity contribution in [1.82, 2.24) is 33.7 Å². The van der Waals surface area contributed by atoms with Crippen LogP contribution in [0.3, 0.4) is 0 Å². The Labute approximate surface area is 201 Å². The third-order valence-electron chi connectivity index (χ3n) is 6.02. The molecule has 1 aliphatic carbocycles. The van der Waals surface area contributed by atoms with Crippen molar-refractivity contribution in [1.29, 1.82) is 0 Å². The van der Waals surface area contributed by atoms with Gasteiger partial charge >= 0.3 is 0 Å². The van der Waals surface area contributed by atoms with E-state index in [1.807, 2.05) is 24.5 Å². The van der Waals surface area contributed by atoms with Gasteiger partial charge in [0.2, 0.25) is 0 Å². The second kappa shape index (κ2) is 8.66. The van der Waals surface area contributed by atoms with Crippen LogP contribution in [0.15, 0.2) is 36.9 Å². The van der Waals surface area contributed by atoms with Crippen LogP contribution in [-0.4, -0.2) is 64.2 Å². The van der Waals surface area contributed by atoms with Crippen molar-refractivity contribution in [3.8, 4) is 11.4 Å². The van der Waals surface area contributed by atoms with E-state index < -0.39 is 15.6 Å². The second-order valence-electron chi connectivity index (χ2n) is 9.10. The summed E-state index contributed by atoms with van der Waals surface area (Å²) in [6, 6.07) is 3.48. The number of fused-ring (bicyclic) bond motifs is 1. The molecule has 0 spiro atoms. The van der Waals surface area contributed by atoms with Gasteiger partial charge in [-0.2, -0.15) is 9.19 Å². The summed E-state index contributed by atoms with van der Waals surface area (Å²) in [5.41, 5.74) is 1.38. The first-order valence-electron chi connectivity index (χ1n) is 11.2. The number of aliphatic hydroxyl groups is 2. The number of anilines is 2. The lowest BCUT2D eigenvalue weighted by atomic mass is 10.0. The van der Waals surface area contributed by atoms with Crippen LogP contribution in [0.25, 0.3) is 22.4 Å². The Hall–Kier alpha value is -3.42. The quantitative estimate of drug-likeness (QED) is 0.310. The number of imidazole rings is 1. The molecular weight excluding hydrogens is 472 g/mol. The summed E-state index contributed by atoms with van der Waals surface area (Å²) in [4.78, 5) is 17.6. The number of pyridine rings is 1. The van der Waals surface area contributed by atoms with E-state index in [-0.39, 0.29) is 18.5 Å². The summed E-state index contributed by atoms with van der Waals surface area (Å²) in [5, 5.41) is 26.1. The highest BCUT2D eigenvalue weighted by Gasteiger charge is 2.37. The van der Waals surface area contributed by atoms with E-state index in [2.05, 4.69) is 30.4 Å². The average molecular weight is 499 g/mol. The van der Waals surface area contributed by atoms with Crippen molar-refractivity contribution in [2.75, 3.05) is 11.9 Å². The lowest BCUT2D eigenvalue weighted by molar-refractivity contribution is 0.199. The van der Waals surface area contributed by atoms with Crippen molar-refractivity contribution in [3.63, 3.8) is 0 Å². The molecule has 0 aromatic carbocycles. The number of hydrogen-bond acceptors (Lipinski definition) is 10. The summed E-state index contributed by atoms with van der Waals surface area (Å²) in [6.07, 6.45) is 7.82. The SMILES string of the molecule is CC(C)(CCO)n1c(CO)nc2cnc(Nc3ccnc(-c4cnn(S(=O)(=O)C5CC5)c4)n3)cc21. The highest BCUT2D eigenvalue weighted by Crippen LogP contribution is 2.31. The van der Waals surface area contributed by atoms with Gasteiger partial charge in [0.05, 0.1) is 34.9 Å². The van der Waals surface area contributed by atoms with E-state index in [9.17, 15) is 18.6 Å². The maximum Gasteiger partial charge on any atom is 0.256 e. The van der Waals surface area contributed by atoms with Crippen LogP contribution in [0.2, 0.25) is 0 Å². The van der Waals surface area contributed by atoms with Crippen molar-refractivity contribution < 1.29 is 18.6 Å². The molecule has 0 atom stereocenters. The average Bonchev–Trinajstić information content (AvgIpc) is 3.44. The lowest BCUT2D eigenvalue weighted by Gasteiger charge is -2.28. The molecular formula is C22H26N8O4S. The summed E-state index contributed by atoms with van der Waals surface area (Å²) in [5.74, 6) is 1.77. The Kier molecular flexibility index (Phi) is 5.77. The summed E-state index contributed by atoms with van der Waals surface area (Å²) in [7, 11) is -3.47. The van der Waals surface area contributed by atoms with E-state index in [4.69, 9.17) is 0 Å². The topological polar surface area (TPSA) is 161 Å². The predicted molar refractivity (Wildman–Crippen MR) is 128 cm³/mol. The van der Waals surface area contributed by atoms with Crippen LogP contribution >= 0.6 is 0 Å². The fourth-order valence-electron chi connectivity index (χ4n) is 4.04. The minimum absolute atomic E-state index is 0.00398. The molecule has 4 aromatic rings. The highest BCUT2D eigenvalue weighted by molar-refractivity contribution is 7.90. The molecule has 0 aliphatic heterocycles. The van der Waals surface area contributed by atoms with E-state index in [0.717, 1.165) is 9.60 Å². The largest absolute Gasteiger partial charge is 0.396 e. The third-order valence-corrected chi connectivity index (χ3v) is 8.05. The molecule has 0 radical (unpaired) electrons.